The molecule has 5 aromatic rings. The number of phenols is 1. The van der Waals surface area contributed by atoms with E-state index >= 15 is 0 Å². The van der Waals surface area contributed by atoms with Crippen LogP contribution in [0.25, 0.3) is 16.7 Å². The van der Waals surface area contributed by atoms with Crippen molar-refractivity contribution in [3.8, 4) is 17.8 Å². The fraction of sp³-hybridized carbons (Fsp3) is 0. The van der Waals surface area contributed by atoms with Crippen LogP contribution < -0.4 is 16.2 Å². The van der Waals surface area contributed by atoms with Crippen LogP contribution in [0, 0.1) is 11.3 Å². The van der Waals surface area contributed by atoms with E-state index in [0.717, 1.165) is 5.39 Å². The Morgan fingerprint density at radius 2 is 1.69 bits per heavy atom. The number of nitrogens with zero attached hydrogens (tertiary/aromatic N) is 4. The molecule has 5 rings (SSSR count). The van der Waals surface area contributed by atoms with Crippen LogP contribution >= 0.6 is 0 Å². The zero-order valence-corrected chi connectivity index (χ0v) is 18.3. The molecular formula is C26H19N7O2. The summed E-state index contributed by atoms with van der Waals surface area (Å²) in [6.45, 7) is 0. The van der Waals surface area contributed by atoms with Crippen LogP contribution in [0.15, 0.2) is 91.4 Å². The van der Waals surface area contributed by atoms with E-state index in [9.17, 15) is 15.2 Å². The molecule has 0 spiro atoms. The summed E-state index contributed by atoms with van der Waals surface area (Å²) < 4.78 is 1.61. The van der Waals surface area contributed by atoms with Gasteiger partial charge in [0.05, 0.1) is 11.1 Å². The Balaban J connectivity index is 1.53. The van der Waals surface area contributed by atoms with Crippen molar-refractivity contribution >= 4 is 33.9 Å². The topological polar surface area (TPSA) is 128 Å². The van der Waals surface area contributed by atoms with Crippen molar-refractivity contribution in [2.24, 2.45) is 0 Å². The third kappa shape index (κ3) is 4.19. The normalized spacial score (nSPS) is 10.5. The molecule has 0 saturated heterocycles. The molecule has 4 N–H and O–H groups in total. The summed E-state index contributed by atoms with van der Waals surface area (Å²) in [5.41, 5.74) is 7.32. The summed E-state index contributed by atoms with van der Waals surface area (Å²) in [6, 6.07) is 23.4. The highest BCUT2D eigenvalue weighted by Gasteiger charge is 2.20. The number of carbonyl (C=O) groups is 1. The van der Waals surface area contributed by atoms with Gasteiger partial charge in [0.25, 0.3) is 5.91 Å². The van der Waals surface area contributed by atoms with Crippen LogP contribution in [0.3, 0.4) is 0 Å². The van der Waals surface area contributed by atoms with Crippen LogP contribution in [0.2, 0.25) is 0 Å². The number of hydrogen-bond acceptors (Lipinski definition) is 7. The third-order valence-corrected chi connectivity index (χ3v) is 5.38. The molecule has 0 aliphatic carbocycles. The van der Waals surface area contributed by atoms with E-state index < -0.39 is 5.91 Å². The number of nitriles is 1. The zero-order chi connectivity index (χ0) is 24.2. The maximum Gasteiger partial charge on any atom is 0.259 e. The number of hydrazine groups is 1. The highest BCUT2D eigenvalue weighted by molar-refractivity contribution is 6.12. The molecule has 0 fully saturated rings. The molecule has 2 heterocycles. The van der Waals surface area contributed by atoms with Crippen molar-refractivity contribution < 1.29 is 9.90 Å². The number of benzene rings is 3. The lowest BCUT2D eigenvalue weighted by Gasteiger charge is -2.17. The van der Waals surface area contributed by atoms with Crippen molar-refractivity contribution in [1.82, 2.24) is 14.5 Å². The minimum absolute atomic E-state index is 0.0964. The largest absolute Gasteiger partial charge is 0.505 e. The van der Waals surface area contributed by atoms with Gasteiger partial charge in [-0.15, -0.1) is 0 Å². The van der Waals surface area contributed by atoms with Gasteiger partial charge in [-0.2, -0.15) is 5.26 Å². The predicted molar refractivity (Wildman–Crippen MR) is 133 cm³/mol. The van der Waals surface area contributed by atoms with E-state index in [2.05, 4.69) is 32.2 Å². The van der Waals surface area contributed by atoms with Crippen LogP contribution in [-0.4, -0.2) is 25.5 Å². The van der Waals surface area contributed by atoms with Gasteiger partial charge >= 0.3 is 0 Å². The number of aromatic nitrogens is 3. The van der Waals surface area contributed by atoms with Crippen molar-refractivity contribution in [3.05, 3.63) is 103 Å². The quantitative estimate of drug-likeness (QED) is 0.213. The lowest BCUT2D eigenvalue weighted by molar-refractivity contribution is 0.102. The van der Waals surface area contributed by atoms with Crippen LogP contribution in [-0.2, 0) is 0 Å². The summed E-state index contributed by atoms with van der Waals surface area (Å²) in [7, 11) is 0. The molecule has 3 aromatic carbocycles. The van der Waals surface area contributed by atoms with Crippen molar-refractivity contribution in [2.75, 3.05) is 16.2 Å². The number of amides is 1. The van der Waals surface area contributed by atoms with Gasteiger partial charge in [0.1, 0.15) is 17.6 Å². The standard InChI is InChI=1S/C26H19N7O2/c27-16-18-11-14-33(26-28-12-6-13-29-26)24(18)32-31-22-20-10-5-4-7-17(20)15-21(23(22)34)25(35)30-19-8-2-1-3-9-19/h1-15,31-32,34H,(H,30,35). The Morgan fingerprint density at radius 1 is 0.943 bits per heavy atom. The number of phenolic OH excluding ortho intramolecular Hbond substituents is 1. The van der Waals surface area contributed by atoms with Gasteiger partial charge in [-0.25, -0.2) is 9.97 Å². The Morgan fingerprint density at radius 3 is 2.46 bits per heavy atom. The fourth-order valence-electron chi connectivity index (χ4n) is 3.71. The average molecular weight is 461 g/mol. The Kier molecular flexibility index (Phi) is 5.68. The van der Waals surface area contributed by atoms with E-state index in [1.807, 2.05) is 42.5 Å². The summed E-state index contributed by atoms with van der Waals surface area (Å²) in [5.74, 6) is 0.0446. The first-order valence-corrected chi connectivity index (χ1v) is 10.7. The highest BCUT2D eigenvalue weighted by Crippen LogP contribution is 2.37. The fourth-order valence-corrected chi connectivity index (χ4v) is 3.71. The second kappa shape index (κ2) is 9.25. The molecule has 0 aliphatic rings. The van der Waals surface area contributed by atoms with Crippen LogP contribution in [0.1, 0.15) is 15.9 Å². The minimum Gasteiger partial charge on any atom is -0.505 e. The molecule has 170 valence electrons. The smallest absolute Gasteiger partial charge is 0.259 e. The second-order valence-corrected chi connectivity index (χ2v) is 7.55. The van der Waals surface area contributed by atoms with E-state index in [-0.39, 0.29) is 17.0 Å². The molecule has 0 aliphatic heterocycles. The molecule has 0 saturated carbocycles. The minimum atomic E-state index is -0.457. The SMILES string of the molecule is N#Cc1ccn(-c2ncccn2)c1NNc1c(O)c(C(=O)Nc2ccccc2)cc2ccccc12. The first-order valence-electron chi connectivity index (χ1n) is 10.7. The van der Waals surface area contributed by atoms with Gasteiger partial charge in [-0.1, -0.05) is 42.5 Å². The van der Waals surface area contributed by atoms with Gasteiger partial charge in [0.15, 0.2) is 5.75 Å². The van der Waals surface area contributed by atoms with E-state index in [0.29, 0.717) is 28.4 Å². The molecule has 2 aromatic heterocycles. The Bertz CT molecular complexity index is 1560. The molecule has 0 bridgehead atoms. The van der Waals surface area contributed by atoms with E-state index in [1.54, 1.807) is 53.5 Å². The van der Waals surface area contributed by atoms with E-state index in [4.69, 9.17) is 0 Å². The number of carbonyl (C=O) groups excluding carboxylic acids is 1. The highest BCUT2D eigenvalue weighted by atomic mass is 16.3. The van der Waals surface area contributed by atoms with Crippen molar-refractivity contribution in [3.63, 3.8) is 0 Å². The molecule has 9 heteroatoms. The van der Waals surface area contributed by atoms with Gasteiger partial charge < -0.3 is 10.4 Å². The third-order valence-electron chi connectivity index (χ3n) is 5.38. The molecule has 35 heavy (non-hydrogen) atoms. The number of para-hydroxylation sites is 1. The number of hydrogen-bond donors (Lipinski definition) is 4. The van der Waals surface area contributed by atoms with Crippen molar-refractivity contribution in [2.45, 2.75) is 0 Å². The molecule has 1 amide bonds. The average Bonchev–Trinajstić information content (AvgIpc) is 3.32. The Hall–Kier alpha value is -5.36. The maximum atomic E-state index is 13.0. The molecule has 0 radical (unpaired) electrons. The summed E-state index contributed by atoms with van der Waals surface area (Å²) in [5, 5.41) is 24.9. The van der Waals surface area contributed by atoms with Crippen LogP contribution in [0.5, 0.6) is 5.75 Å². The first kappa shape index (κ1) is 21.5. The summed E-state index contributed by atoms with van der Waals surface area (Å²) >= 11 is 0. The lowest BCUT2D eigenvalue weighted by atomic mass is 10.0. The zero-order valence-electron chi connectivity index (χ0n) is 18.3. The number of fused-ring (bicyclic) bond motifs is 1. The Labute approximate surface area is 200 Å². The molecular weight excluding hydrogens is 442 g/mol. The van der Waals surface area contributed by atoms with Gasteiger partial charge in [-0.05, 0) is 35.7 Å². The molecule has 0 atom stereocenters. The number of aromatic hydroxyl groups is 1. The summed E-state index contributed by atoms with van der Waals surface area (Å²) in [4.78, 5) is 21.5. The maximum absolute atomic E-state index is 13.0. The van der Waals surface area contributed by atoms with Crippen molar-refractivity contribution in [1.29, 1.82) is 5.26 Å². The monoisotopic (exact) mass is 461 g/mol. The van der Waals surface area contributed by atoms with Crippen LogP contribution in [0.4, 0.5) is 17.2 Å². The number of anilines is 3. The predicted octanol–water partition coefficient (Wildman–Crippen LogP) is 4.69. The molecule has 9 nitrogen and oxygen atoms in total. The lowest BCUT2D eigenvalue weighted by Crippen LogP contribution is -2.16. The van der Waals surface area contributed by atoms with E-state index in [1.165, 1.54) is 0 Å². The second-order valence-electron chi connectivity index (χ2n) is 7.55. The number of nitrogens with one attached hydrogen (secondary N) is 3. The van der Waals surface area contributed by atoms with Gasteiger partial charge in [0.2, 0.25) is 5.95 Å². The molecule has 0 unspecified atom stereocenters. The summed E-state index contributed by atoms with van der Waals surface area (Å²) in [6.07, 6.45) is 4.86. The number of rotatable bonds is 6. The van der Waals surface area contributed by atoms with Gasteiger partial charge in [-0.3, -0.25) is 20.2 Å². The first-order chi connectivity index (χ1) is 17.2. The van der Waals surface area contributed by atoms with Gasteiger partial charge in [0, 0.05) is 29.7 Å².